The number of rotatable bonds is 3. The Morgan fingerprint density at radius 3 is 2.37 bits per heavy atom. The van der Waals surface area contributed by atoms with Crippen LogP contribution in [-0.4, -0.2) is 16.8 Å². The number of hydrogen-bond donors (Lipinski definition) is 0. The molecule has 0 bridgehead atoms. The average molecular weight is 373 g/mol. The Bertz CT molecular complexity index is 1070. The summed E-state index contributed by atoms with van der Waals surface area (Å²) in [7, 11) is 0. The summed E-state index contributed by atoms with van der Waals surface area (Å²) in [6.07, 6.45) is -1.74. The quantitative estimate of drug-likeness (QED) is 0.521. The van der Waals surface area contributed by atoms with Crippen LogP contribution < -0.4 is 10.5 Å². The van der Waals surface area contributed by atoms with E-state index in [1.165, 1.54) is 42.2 Å². The van der Waals surface area contributed by atoms with Gasteiger partial charge < -0.3 is 0 Å². The van der Waals surface area contributed by atoms with Crippen molar-refractivity contribution in [2.24, 2.45) is 5.10 Å². The van der Waals surface area contributed by atoms with Crippen molar-refractivity contribution in [1.29, 1.82) is 0 Å². The molecule has 0 aliphatic carbocycles. The van der Waals surface area contributed by atoms with Crippen LogP contribution in [0.5, 0.6) is 0 Å². The lowest BCUT2D eigenvalue weighted by Gasteiger charge is -2.20. The number of fused-ring (bicyclic) bond motifs is 1. The molecular weight excluding hydrogens is 359 g/mol. The Hall–Kier alpha value is -3.42. The Balaban J connectivity index is 1.98. The zero-order valence-corrected chi connectivity index (χ0v) is 14.1. The van der Waals surface area contributed by atoms with Gasteiger partial charge in [-0.3, -0.25) is 9.59 Å². The first-order valence-electron chi connectivity index (χ1n) is 7.90. The van der Waals surface area contributed by atoms with Crippen molar-refractivity contribution >= 4 is 23.0 Å². The summed E-state index contributed by atoms with van der Waals surface area (Å²) in [5.41, 5.74) is -0.101. The second-order valence-electron chi connectivity index (χ2n) is 5.71. The fraction of sp³-hybridized carbons (Fsp3) is 0.105. The fourth-order valence-electron chi connectivity index (χ4n) is 2.52. The summed E-state index contributed by atoms with van der Waals surface area (Å²) >= 11 is 0. The van der Waals surface area contributed by atoms with E-state index in [1.54, 1.807) is 24.3 Å². The number of alkyl halides is 3. The minimum absolute atomic E-state index is 0.197. The Labute approximate surface area is 151 Å². The van der Waals surface area contributed by atoms with E-state index in [1.807, 2.05) is 0 Å². The van der Waals surface area contributed by atoms with Gasteiger partial charge in [0.2, 0.25) is 0 Å². The molecule has 8 heteroatoms. The average Bonchev–Trinajstić information content (AvgIpc) is 2.63. The number of halogens is 3. The molecule has 0 saturated carbocycles. The van der Waals surface area contributed by atoms with Crippen molar-refractivity contribution in [3.63, 3.8) is 0 Å². The molecule has 2 aromatic carbocycles. The Morgan fingerprint density at radius 1 is 1.07 bits per heavy atom. The van der Waals surface area contributed by atoms with Crippen LogP contribution in [0.1, 0.15) is 18.1 Å². The number of amides is 1. The zero-order chi connectivity index (χ0) is 19.6. The van der Waals surface area contributed by atoms with Gasteiger partial charge in [0.25, 0.3) is 5.91 Å². The molecule has 138 valence electrons. The number of carbonyl (C=O) groups is 1. The molecule has 3 aromatic rings. The topological polar surface area (TPSA) is 54.7 Å². The lowest BCUT2D eigenvalue weighted by molar-refractivity contribution is -0.137. The van der Waals surface area contributed by atoms with E-state index < -0.39 is 17.6 Å². The molecule has 0 fully saturated rings. The van der Waals surface area contributed by atoms with Gasteiger partial charge >= 0.3 is 6.18 Å². The van der Waals surface area contributed by atoms with E-state index in [0.717, 1.165) is 17.3 Å². The lowest BCUT2D eigenvalue weighted by atomic mass is 10.1. The first-order chi connectivity index (χ1) is 12.8. The first kappa shape index (κ1) is 18.4. The minimum Gasteiger partial charge on any atom is -0.289 e. The number of benzene rings is 2. The van der Waals surface area contributed by atoms with Gasteiger partial charge in [-0.2, -0.15) is 18.3 Å². The highest BCUT2D eigenvalue weighted by atomic mass is 19.4. The van der Waals surface area contributed by atoms with Gasteiger partial charge in [0.15, 0.2) is 5.43 Å². The van der Waals surface area contributed by atoms with E-state index in [2.05, 4.69) is 5.10 Å². The molecule has 27 heavy (non-hydrogen) atoms. The monoisotopic (exact) mass is 373 g/mol. The molecule has 0 aliphatic rings. The smallest absolute Gasteiger partial charge is 0.289 e. The fourth-order valence-corrected chi connectivity index (χ4v) is 2.52. The number of nitrogens with zero attached hydrogens (tertiary/aromatic N) is 3. The normalized spacial score (nSPS) is 11.9. The molecule has 0 atom stereocenters. The second-order valence-corrected chi connectivity index (χ2v) is 5.71. The molecule has 0 radical (unpaired) electrons. The Kier molecular flexibility index (Phi) is 4.81. The number of hydrogen-bond acceptors (Lipinski definition) is 3. The van der Waals surface area contributed by atoms with Crippen LogP contribution in [-0.2, 0) is 11.0 Å². The van der Waals surface area contributed by atoms with Gasteiger partial charge in [-0.05, 0) is 29.8 Å². The molecule has 3 rings (SSSR count). The van der Waals surface area contributed by atoms with Gasteiger partial charge in [-0.1, -0.05) is 24.3 Å². The third-order valence-corrected chi connectivity index (χ3v) is 3.82. The molecule has 0 spiro atoms. The summed E-state index contributed by atoms with van der Waals surface area (Å²) in [6.45, 7) is 1.29. The van der Waals surface area contributed by atoms with Crippen LogP contribution >= 0.6 is 0 Å². The highest BCUT2D eigenvalue weighted by Crippen LogP contribution is 2.28. The van der Waals surface area contributed by atoms with Gasteiger partial charge in [-0.25, -0.2) is 4.68 Å². The number of aromatic nitrogens is 1. The lowest BCUT2D eigenvalue weighted by Crippen LogP contribution is -2.34. The summed E-state index contributed by atoms with van der Waals surface area (Å²) in [4.78, 5) is 24.0. The minimum atomic E-state index is -4.42. The molecule has 0 aliphatic heterocycles. The predicted octanol–water partition coefficient (Wildman–Crippen LogP) is 3.54. The van der Waals surface area contributed by atoms with Crippen LogP contribution in [0.2, 0.25) is 0 Å². The number of carbonyl (C=O) groups excluding carboxylic acids is 1. The summed E-state index contributed by atoms with van der Waals surface area (Å²) < 4.78 is 39.3. The van der Waals surface area contributed by atoms with Crippen molar-refractivity contribution in [3.05, 3.63) is 82.1 Å². The number of pyridine rings is 1. The van der Waals surface area contributed by atoms with E-state index in [-0.39, 0.29) is 5.43 Å². The molecule has 1 aromatic heterocycles. The van der Waals surface area contributed by atoms with Crippen LogP contribution in [0.3, 0.4) is 0 Å². The van der Waals surface area contributed by atoms with Crippen molar-refractivity contribution in [1.82, 2.24) is 4.68 Å². The molecule has 0 N–H and O–H groups in total. The largest absolute Gasteiger partial charge is 0.416 e. The van der Waals surface area contributed by atoms with E-state index >= 15 is 0 Å². The maximum Gasteiger partial charge on any atom is 0.416 e. The van der Waals surface area contributed by atoms with Crippen molar-refractivity contribution < 1.29 is 18.0 Å². The second kappa shape index (κ2) is 7.06. The van der Waals surface area contributed by atoms with Gasteiger partial charge in [0.1, 0.15) is 0 Å². The van der Waals surface area contributed by atoms with Crippen LogP contribution in [0.15, 0.2) is 70.7 Å². The van der Waals surface area contributed by atoms with Gasteiger partial charge in [-0.15, -0.1) is 5.12 Å². The van der Waals surface area contributed by atoms with E-state index in [9.17, 15) is 22.8 Å². The molecule has 0 unspecified atom stereocenters. The third-order valence-electron chi connectivity index (χ3n) is 3.82. The molecule has 1 amide bonds. The Morgan fingerprint density at radius 2 is 1.74 bits per heavy atom. The van der Waals surface area contributed by atoms with Crippen LogP contribution in [0.25, 0.3) is 10.9 Å². The van der Waals surface area contributed by atoms with Crippen LogP contribution in [0.4, 0.5) is 13.2 Å². The molecule has 1 heterocycles. The van der Waals surface area contributed by atoms with E-state index in [0.29, 0.717) is 16.5 Å². The predicted molar refractivity (Wildman–Crippen MR) is 96.1 cm³/mol. The van der Waals surface area contributed by atoms with Crippen LogP contribution in [0, 0.1) is 0 Å². The van der Waals surface area contributed by atoms with E-state index in [4.69, 9.17) is 0 Å². The number of hydrazone groups is 1. The highest BCUT2D eigenvalue weighted by molar-refractivity contribution is 5.89. The maximum absolute atomic E-state index is 12.6. The molecular formula is C19H14F3N3O2. The van der Waals surface area contributed by atoms with Crippen molar-refractivity contribution in [2.45, 2.75) is 13.1 Å². The summed E-state index contributed by atoms with van der Waals surface area (Å²) in [5.74, 6) is -0.438. The van der Waals surface area contributed by atoms with Crippen molar-refractivity contribution in [3.8, 4) is 0 Å². The summed E-state index contributed by atoms with van der Waals surface area (Å²) in [5, 5.41) is 5.51. The summed E-state index contributed by atoms with van der Waals surface area (Å²) in [6, 6.07) is 12.4. The number of para-hydroxylation sites is 1. The standard InChI is InChI=1S/C19H14F3N3O2/c1-13(26)25(23-12-14-6-8-15(9-7-14)19(20,21)22)24-11-10-18(27)16-4-2-3-5-17(16)24/h2-12H,1H3. The molecule has 5 nitrogen and oxygen atoms in total. The van der Waals surface area contributed by atoms with Gasteiger partial charge in [0.05, 0.1) is 17.3 Å². The first-order valence-corrected chi connectivity index (χ1v) is 7.90. The maximum atomic E-state index is 12.6. The molecule has 0 saturated heterocycles. The SMILES string of the molecule is CC(=O)N(N=Cc1ccc(C(F)(F)F)cc1)n1ccc(=O)c2ccccc21. The highest BCUT2D eigenvalue weighted by Gasteiger charge is 2.29. The zero-order valence-electron chi connectivity index (χ0n) is 14.1. The third kappa shape index (κ3) is 3.89. The van der Waals surface area contributed by atoms with Gasteiger partial charge in [0, 0.05) is 24.6 Å². The van der Waals surface area contributed by atoms with Crippen molar-refractivity contribution in [2.75, 3.05) is 5.12 Å².